The number of aromatic nitrogens is 1. The van der Waals surface area contributed by atoms with Gasteiger partial charge in [-0.2, -0.15) is 0 Å². The second-order valence-electron chi connectivity index (χ2n) is 2.35. The lowest BCUT2D eigenvalue weighted by Gasteiger charge is -1.91. The van der Waals surface area contributed by atoms with Crippen molar-refractivity contribution in [1.29, 1.82) is 0 Å². The molecule has 0 radical (unpaired) electrons. The lowest BCUT2D eigenvalue weighted by molar-refractivity contribution is 0.303. The highest BCUT2D eigenvalue weighted by Gasteiger charge is 1.89. The summed E-state index contributed by atoms with van der Waals surface area (Å²) < 4.78 is 12.5. The molecule has 0 aliphatic rings. The molecule has 0 fully saturated rings. The number of hydrogen-bond donors (Lipinski definition) is 1. The summed E-state index contributed by atoms with van der Waals surface area (Å²) in [4.78, 5) is 3.67. The second-order valence-corrected chi connectivity index (χ2v) is 2.35. The summed E-state index contributed by atoms with van der Waals surface area (Å²) in [7, 11) is 0. The van der Waals surface area contributed by atoms with Crippen LogP contribution in [0, 0.1) is 5.82 Å². The normalized spacial score (nSPS) is 10.8. The maximum atomic E-state index is 12.5. The van der Waals surface area contributed by atoms with Gasteiger partial charge < -0.3 is 5.11 Å². The van der Waals surface area contributed by atoms with E-state index in [4.69, 9.17) is 5.11 Å². The van der Waals surface area contributed by atoms with E-state index in [0.29, 0.717) is 12.0 Å². The average Bonchev–Trinajstić information content (AvgIpc) is 2.05. The van der Waals surface area contributed by atoms with Crippen LogP contribution < -0.4 is 0 Å². The van der Waals surface area contributed by atoms with Crippen molar-refractivity contribution in [3.05, 3.63) is 35.9 Å². The molecule has 0 amide bonds. The molecule has 3 heteroatoms. The molecular weight excluding hydrogens is 157 g/mol. The van der Waals surface area contributed by atoms with Crippen LogP contribution in [0.5, 0.6) is 0 Å². The second kappa shape index (κ2) is 4.62. The third-order valence-electron chi connectivity index (χ3n) is 1.33. The molecule has 64 valence electrons. The molecule has 0 atom stereocenters. The van der Waals surface area contributed by atoms with Crippen LogP contribution in [0.3, 0.4) is 0 Å². The molecule has 0 unspecified atom stereocenters. The minimum absolute atomic E-state index is 0.110. The molecular formula is C9H10FNO. The van der Waals surface area contributed by atoms with Crippen molar-refractivity contribution in [3.8, 4) is 0 Å². The maximum absolute atomic E-state index is 12.5. The van der Waals surface area contributed by atoms with E-state index in [9.17, 15) is 4.39 Å². The minimum atomic E-state index is -0.346. The van der Waals surface area contributed by atoms with Crippen molar-refractivity contribution in [1.82, 2.24) is 4.98 Å². The topological polar surface area (TPSA) is 33.1 Å². The molecule has 2 nitrogen and oxygen atoms in total. The van der Waals surface area contributed by atoms with Gasteiger partial charge in [0.25, 0.3) is 0 Å². The number of nitrogens with zero attached hydrogens (tertiary/aromatic N) is 1. The standard InChI is InChI=1S/C9H10FNO/c10-9-5-8(6-11-7-9)3-1-2-4-12/h1,3,5-7,12H,2,4H2. The van der Waals surface area contributed by atoms with Gasteiger partial charge in [-0.05, 0) is 18.1 Å². The molecule has 1 heterocycles. The van der Waals surface area contributed by atoms with E-state index in [1.165, 1.54) is 6.07 Å². The summed E-state index contributed by atoms with van der Waals surface area (Å²) in [6.45, 7) is 0.110. The summed E-state index contributed by atoms with van der Waals surface area (Å²) in [6.07, 6.45) is 6.81. The Morgan fingerprint density at radius 2 is 2.33 bits per heavy atom. The number of aliphatic hydroxyl groups excluding tert-OH is 1. The summed E-state index contributed by atoms with van der Waals surface area (Å²) in [5, 5.41) is 8.46. The molecule has 1 N–H and O–H groups in total. The van der Waals surface area contributed by atoms with Crippen LogP contribution in [-0.2, 0) is 0 Å². The van der Waals surface area contributed by atoms with E-state index >= 15 is 0 Å². The Balaban J connectivity index is 2.63. The fourth-order valence-corrected chi connectivity index (χ4v) is 0.813. The molecule has 0 bridgehead atoms. The van der Waals surface area contributed by atoms with Crippen LogP contribution in [0.1, 0.15) is 12.0 Å². The van der Waals surface area contributed by atoms with Gasteiger partial charge in [-0.25, -0.2) is 4.39 Å². The Bertz CT molecular complexity index is 273. The molecule has 12 heavy (non-hydrogen) atoms. The first-order chi connectivity index (χ1) is 5.83. The molecule has 0 aromatic carbocycles. The number of pyridine rings is 1. The van der Waals surface area contributed by atoms with Crippen LogP contribution in [0.4, 0.5) is 4.39 Å². The molecule has 1 aromatic rings. The number of halogens is 1. The van der Waals surface area contributed by atoms with Gasteiger partial charge in [0.15, 0.2) is 0 Å². The predicted molar refractivity (Wildman–Crippen MR) is 44.9 cm³/mol. The zero-order chi connectivity index (χ0) is 8.81. The lowest BCUT2D eigenvalue weighted by atomic mass is 10.2. The Hall–Kier alpha value is -1.22. The van der Waals surface area contributed by atoms with Gasteiger partial charge in [0.2, 0.25) is 0 Å². The molecule has 1 rings (SSSR count). The van der Waals surface area contributed by atoms with E-state index in [0.717, 1.165) is 6.20 Å². The largest absolute Gasteiger partial charge is 0.396 e. The van der Waals surface area contributed by atoms with Crippen molar-refractivity contribution in [3.63, 3.8) is 0 Å². The van der Waals surface area contributed by atoms with Gasteiger partial charge in [-0.3, -0.25) is 4.98 Å². The summed E-state index contributed by atoms with van der Waals surface area (Å²) in [6, 6.07) is 1.39. The van der Waals surface area contributed by atoms with Crippen molar-refractivity contribution >= 4 is 6.08 Å². The first kappa shape index (κ1) is 8.87. The number of rotatable bonds is 3. The van der Waals surface area contributed by atoms with Gasteiger partial charge in [-0.1, -0.05) is 12.2 Å². The third-order valence-corrected chi connectivity index (χ3v) is 1.33. The van der Waals surface area contributed by atoms with Gasteiger partial charge in [0, 0.05) is 12.8 Å². The first-order valence-corrected chi connectivity index (χ1v) is 3.71. The van der Waals surface area contributed by atoms with Crippen molar-refractivity contribution in [2.45, 2.75) is 6.42 Å². The molecule has 0 spiro atoms. The molecule has 1 aromatic heterocycles. The molecule has 0 aliphatic heterocycles. The van der Waals surface area contributed by atoms with Crippen molar-refractivity contribution < 1.29 is 9.50 Å². The minimum Gasteiger partial charge on any atom is -0.396 e. The van der Waals surface area contributed by atoms with Crippen molar-refractivity contribution in [2.24, 2.45) is 0 Å². The summed E-state index contributed by atoms with van der Waals surface area (Å²) in [5.41, 5.74) is 0.712. The van der Waals surface area contributed by atoms with E-state index in [2.05, 4.69) is 4.98 Å². The van der Waals surface area contributed by atoms with E-state index in [1.54, 1.807) is 18.3 Å². The highest BCUT2D eigenvalue weighted by atomic mass is 19.1. The smallest absolute Gasteiger partial charge is 0.142 e. The first-order valence-electron chi connectivity index (χ1n) is 3.71. The summed E-state index contributed by atoms with van der Waals surface area (Å²) >= 11 is 0. The zero-order valence-corrected chi connectivity index (χ0v) is 6.57. The van der Waals surface area contributed by atoms with Crippen LogP contribution in [0.2, 0.25) is 0 Å². The Kier molecular flexibility index (Phi) is 3.41. The highest BCUT2D eigenvalue weighted by molar-refractivity contribution is 5.47. The number of aliphatic hydroxyl groups is 1. The van der Waals surface area contributed by atoms with E-state index in [-0.39, 0.29) is 12.4 Å². The molecule has 0 aliphatic carbocycles. The van der Waals surface area contributed by atoms with Crippen LogP contribution >= 0.6 is 0 Å². The molecule has 0 saturated carbocycles. The van der Waals surface area contributed by atoms with Gasteiger partial charge >= 0.3 is 0 Å². The fraction of sp³-hybridized carbons (Fsp3) is 0.222. The van der Waals surface area contributed by atoms with Gasteiger partial charge in [-0.15, -0.1) is 0 Å². The van der Waals surface area contributed by atoms with Crippen LogP contribution in [-0.4, -0.2) is 16.7 Å². The SMILES string of the molecule is OCCC=Cc1cncc(F)c1. The average molecular weight is 167 g/mol. The van der Waals surface area contributed by atoms with Crippen LogP contribution in [0.25, 0.3) is 6.08 Å². The Morgan fingerprint density at radius 3 is 3.00 bits per heavy atom. The zero-order valence-electron chi connectivity index (χ0n) is 6.57. The monoisotopic (exact) mass is 167 g/mol. The van der Waals surface area contributed by atoms with Gasteiger partial charge in [0.1, 0.15) is 5.82 Å². The van der Waals surface area contributed by atoms with Gasteiger partial charge in [0.05, 0.1) is 6.20 Å². The molecule has 0 saturated heterocycles. The quantitative estimate of drug-likeness (QED) is 0.742. The van der Waals surface area contributed by atoms with E-state index < -0.39 is 0 Å². The van der Waals surface area contributed by atoms with E-state index in [1.807, 2.05) is 0 Å². The lowest BCUT2D eigenvalue weighted by Crippen LogP contribution is -1.80. The third kappa shape index (κ3) is 2.80. The fourth-order valence-electron chi connectivity index (χ4n) is 0.813. The number of hydrogen-bond acceptors (Lipinski definition) is 2. The summed E-state index contributed by atoms with van der Waals surface area (Å²) in [5.74, 6) is -0.346. The van der Waals surface area contributed by atoms with Crippen molar-refractivity contribution in [2.75, 3.05) is 6.61 Å². The Labute approximate surface area is 70.4 Å². The highest BCUT2D eigenvalue weighted by Crippen LogP contribution is 2.03. The van der Waals surface area contributed by atoms with Crippen LogP contribution in [0.15, 0.2) is 24.5 Å². The Morgan fingerprint density at radius 1 is 1.50 bits per heavy atom. The predicted octanol–water partition coefficient (Wildman–Crippen LogP) is 1.62. The maximum Gasteiger partial charge on any atom is 0.142 e.